The van der Waals surface area contributed by atoms with Gasteiger partial charge in [-0.15, -0.1) is 0 Å². The molecule has 0 aliphatic carbocycles. The molecule has 1 atom stereocenters. The molecule has 1 aromatic carbocycles. The number of rotatable bonds is 8. The van der Waals surface area contributed by atoms with Crippen LogP contribution in [0.25, 0.3) is 0 Å². The molecular formula is C15H24Cl2N2. The van der Waals surface area contributed by atoms with E-state index in [1.807, 2.05) is 25.2 Å². The lowest BCUT2D eigenvalue weighted by molar-refractivity contribution is 0.306. The van der Waals surface area contributed by atoms with Crippen molar-refractivity contribution >= 4 is 23.2 Å². The Bertz CT molecular complexity index is 382. The molecular weight excluding hydrogens is 279 g/mol. The van der Waals surface area contributed by atoms with Crippen molar-refractivity contribution in [1.82, 2.24) is 10.2 Å². The van der Waals surface area contributed by atoms with E-state index in [0.717, 1.165) is 25.1 Å². The third-order valence-corrected chi connectivity index (χ3v) is 4.23. The molecule has 19 heavy (non-hydrogen) atoms. The molecule has 0 amide bonds. The van der Waals surface area contributed by atoms with Crippen LogP contribution in [0.15, 0.2) is 18.2 Å². The van der Waals surface area contributed by atoms with Crippen LogP contribution in [0, 0.1) is 0 Å². The Hall–Kier alpha value is -0.280. The molecule has 0 aromatic heterocycles. The van der Waals surface area contributed by atoms with Gasteiger partial charge in [-0.1, -0.05) is 48.7 Å². The van der Waals surface area contributed by atoms with E-state index in [4.69, 9.17) is 23.2 Å². The second-order valence-electron chi connectivity index (χ2n) is 4.93. The molecule has 0 saturated carbocycles. The van der Waals surface area contributed by atoms with Gasteiger partial charge < -0.3 is 10.2 Å². The number of unbranched alkanes of at least 4 members (excludes halogenated alkanes) is 1. The summed E-state index contributed by atoms with van der Waals surface area (Å²) in [5.74, 6) is 0. The molecule has 1 N–H and O–H groups in total. The Morgan fingerprint density at radius 1 is 1.26 bits per heavy atom. The number of nitrogens with zero attached hydrogens (tertiary/aromatic N) is 1. The Balaban J connectivity index is 2.60. The van der Waals surface area contributed by atoms with E-state index in [2.05, 4.69) is 24.2 Å². The van der Waals surface area contributed by atoms with Crippen molar-refractivity contribution < 1.29 is 0 Å². The molecule has 2 nitrogen and oxygen atoms in total. The van der Waals surface area contributed by atoms with Gasteiger partial charge in [-0.2, -0.15) is 0 Å². The standard InChI is InChI=1S/C15H24Cl2N2/c1-4-5-10-19(3)11-9-14(18-2)12-7-6-8-13(16)15(12)17/h6-8,14,18H,4-5,9-11H2,1-3H3. The molecule has 0 fully saturated rings. The van der Waals surface area contributed by atoms with Crippen LogP contribution in [0.2, 0.25) is 10.0 Å². The predicted octanol–water partition coefficient (Wildman–Crippen LogP) is 4.38. The quantitative estimate of drug-likeness (QED) is 0.767. The maximum Gasteiger partial charge on any atom is 0.0640 e. The van der Waals surface area contributed by atoms with E-state index in [9.17, 15) is 0 Å². The van der Waals surface area contributed by atoms with Crippen LogP contribution >= 0.6 is 23.2 Å². The SMILES string of the molecule is CCCCN(C)CCC(NC)c1cccc(Cl)c1Cl. The highest BCUT2D eigenvalue weighted by Gasteiger charge is 2.15. The Morgan fingerprint density at radius 2 is 2.00 bits per heavy atom. The van der Waals surface area contributed by atoms with Crippen LogP contribution < -0.4 is 5.32 Å². The summed E-state index contributed by atoms with van der Waals surface area (Å²) < 4.78 is 0. The maximum atomic E-state index is 6.28. The van der Waals surface area contributed by atoms with Crippen molar-refractivity contribution in [3.8, 4) is 0 Å². The number of hydrogen-bond acceptors (Lipinski definition) is 2. The molecule has 0 saturated heterocycles. The molecule has 0 radical (unpaired) electrons. The van der Waals surface area contributed by atoms with Crippen LogP contribution in [0.1, 0.15) is 37.8 Å². The molecule has 0 heterocycles. The van der Waals surface area contributed by atoms with Gasteiger partial charge in [0.25, 0.3) is 0 Å². The van der Waals surface area contributed by atoms with Gasteiger partial charge in [0, 0.05) is 6.04 Å². The molecule has 0 spiro atoms. The highest BCUT2D eigenvalue weighted by molar-refractivity contribution is 6.42. The van der Waals surface area contributed by atoms with Crippen molar-refractivity contribution in [3.63, 3.8) is 0 Å². The van der Waals surface area contributed by atoms with Gasteiger partial charge in [-0.25, -0.2) is 0 Å². The van der Waals surface area contributed by atoms with Crippen LogP contribution in [0.4, 0.5) is 0 Å². The van der Waals surface area contributed by atoms with Crippen molar-refractivity contribution in [2.24, 2.45) is 0 Å². The van der Waals surface area contributed by atoms with Gasteiger partial charge in [0.05, 0.1) is 10.0 Å². The molecule has 1 rings (SSSR count). The lowest BCUT2D eigenvalue weighted by Gasteiger charge is -2.22. The van der Waals surface area contributed by atoms with Crippen molar-refractivity contribution in [2.75, 3.05) is 27.2 Å². The molecule has 1 aromatic rings. The average molecular weight is 303 g/mol. The molecule has 1 unspecified atom stereocenters. The number of nitrogens with one attached hydrogen (secondary N) is 1. The first-order chi connectivity index (χ1) is 9.10. The summed E-state index contributed by atoms with van der Waals surface area (Å²) in [5.41, 5.74) is 1.08. The topological polar surface area (TPSA) is 15.3 Å². The van der Waals surface area contributed by atoms with Crippen molar-refractivity contribution in [1.29, 1.82) is 0 Å². The molecule has 108 valence electrons. The highest BCUT2D eigenvalue weighted by atomic mass is 35.5. The smallest absolute Gasteiger partial charge is 0.0640 e. The average Bonchev–Trinajstić information content (AvgIpc) is 2.41. The maximum absolute atomic E-state index is 6.28. The minimum absolute atomic E-state index is 0.246. The summed E-state index contributed by atoms with van der Waals surface area (Å²) in [6, 6.07) is 6.07. The summed E-state index contributed by atoms with van der Waals surface area (Å²) in [6.45, 7) is 4.42. The zero-order chi connectivity index (χ0) is 14.3. The summed E-state index contributed by atoms with van der Waals surface area (Å²) in [5, 5.41) is 4.62. The number of benzene rings is 1. The Kier molecular flexibility index (Phi) is 7.77. The minimum Gasteiger partial charge on any atom is -0.313 e. The molecule has 0 aliphatic rings. The zero-order valence-electron chi connectivity index (χ0n) is 12.0. The Morgan fingerprint density at radius 3 is 2.63 bits per heavy atom. The van der Waals surface area contributed by atoms with Crippen molar-refractivity contribution in [3.05, 3.63) is 33.8 Å². The fraction of sp³-hybridized carbons (Fsp3) is 0.600. The summed E-state index contributed by atoms with van der Waals surface area (Å²) >= 11 is 12.4. The van der Waals surface area contributed by atoms with Gasteiger partial charge in [0.1, 0.15) is 0 Å². The largest absolute Gasteiger partial charge is 0.313 e. The van der Waals surface area contributed by atoms with Gasteiger partial charge in [0.2, 0.25) is 0 Å². The molecule has 0 aliphatic heterocycles. The molecule has 4 heteroatoms. The highest BCUT2D eigenvalue weighted by Crippen LogP contribution is 2.31. The number of halogens is 2. The van der Waals surface area contributed by atoms with E-state index < -0.39 is 0 Å². The summed E-state index contributed by atoms with van der Waals surface area (Å²) in [7, 11) is 4.13. The first-order valence-electron chi connectivity index (χ1n) is 6.89. The second-order valence-corrected chi connectivity index (χ2v) is 5.71. The minimum atomic E-state index is 0.246. The van der Waals surface area contributed by atoms with Gasteiger partial charge in [-0.05, 0) is 51.7 Å². The summed E-state index contributed by atoms with van der Waals surface area (Å²) in [6.07, 6.45) is 3.51. The van der Waals surface area contributed by atoms with Crippen LogP contribution in [-0.2, 0) is 0 Å². The van der Waals surface area contributed by atoms with E-state index >= 15 is 0 Å². The van der Waals surface area contributed by atoms with Gasteiger partial charge in [-0.3, -0.25) is 0 Å². The Labute approximate surface area is 127 Å². The van der Waals surface area contributed by atoms with E-state index in [1.165, 1.54) is 12.8 Å². The summed E-state index contributed by atoms with van der Waals surface area (Å²) in [4.78, 5) is 2.37. The van der Waals surface area contributed by atoms with Crippen LogP contribution in [-0.4, -0.2) is 32.1 Å². The second kappa shape index (κ2) is 8.80. The van der Waals surface area contributed by atoms with Crippen LogP contribution in [0.3, 0.4) is 0 Å². The fourth-order valence-corrected chi connectivity index (χ4v) is 2.57. The zero-order valence-corrected chi connectivity index (χ0v) is 13.6. The van der Waals surface area contributed by atoms with E-state index in [0.29, 0.717) is 10.0 Å². The van der Waals surface area contributed by atoms with Gasteiger partial charge >= 0.3 is 0 Å². The first kappa shape index (κ1) is 16.8. The third-order valence-electron chi connectivity index (χ3n) is 3.40. The normalized spacial score (nSPS) is 12.9. The third kappa shape index (κ3) is 5.31. The van der Waals surface area contributed by atoms with Crippen LogP contribution in [0.5, 0.6) is 0 Å². The fourth-order valence-electron chi connectivity index (χ4n) is 2.13. The number of hydrogen-bond donors (Lipinski definition) is 1. The molecule has 0 bridgehead atoms. The van der Waals surface area contributed by atoms with E-state index in [-0.39, 0.29) is 6.04 Å². The first-order valence-corrected chi connectivity index (χ1v) is 7.65. The predicted molar refractivity (Wildman–Crippen MR) is 85.3 cm³/mol. The van der Waals surface area contributed by atoms with E-state index in [1.54, 1.807) is 0 Å². The van der Waals surface area contributed by atoms with Gasteiger partial charge in [0.15, 0.2) is 0 Å². The lowest BCUT2D eigenvalue weighted by Crippen LogP contribution is -2.26. The van der Waals surface area contributed by atoms with Crippen molar-refractivity contribution in [2.45, 2.75) is 32.2 Å². The monoisotopic (exact) mass is 302 g/mol. The lowest BCUT2D eigenvalue weighted by atomic mass is 10.0.